The number of nitrogens with zero attached hydrogens (tertiary/aromatic N) is 1. The third-order valence-electron chi connectivity index (χ3n) is 1.94. The van der Waals surface area contributed by atoms with E-state index in [1.807, 2.05) is 0 Å². The van der Waals surface area contributed by atoms with E-state index in [4.69, 9.17) is 23.2 Å². The molecule has 1 heterocycles. The first-order chi connectivity index (χ1) is 6.72. The lowest BCUT2D eigenvalue weighted by molar-refractivity contribution is 0.112. The summed E-state index contributed by atoms with van der Waals surface area (Å²) < 4.78 is 0. The van der Waals surface area contributed by atoms with Gasteiger partial charge in [-0.1, -0.05) is 23.2 Å². The molecule has 2 rings (SSSR count). The number of carbonyl (C=O) groups is 1. The van der Waals surface area contributed by atoms with Crippen molar-refractivity contribution >= 4 is 40.3 Å². The summed E-state index contributed by atoms with van der Waals surface area (Å²) in [5.74, 6) is 0. The fraction of sp³-hybridized carbons (Fsp3) is 0. The highest BCUT2D eigenvalue weighted by Gasteiger charge is 2.05. The second-order valence-corrected chi connectivity index (χ2v) is 3.64. The highest BCUT2D eigenvalue weighted by atomic mass is 35.5. The lowest BCUT2D eigenvalue weighted by Crippen LogP contribution is -1.88. The molecule has 0 N–H and O–H groups in total. The van der Waals surface area contributed by atoms with Gasteiger partial charge in [-0.15, -0.1) is 0 Å². The van der Waals surface area contributed by atoms with E-state index in [1.165, 1.54) is 0 Å². The number of benzene rings is 1. The van der Waals surface area contributed by atoms with E-state index in [0.717, 1.165) is 5.39 Å². The van der Waals surface area contributed by atoms with Crippen LogP contribution >= 0.6 is 23.2 Å². The van der Waals surface area contributed by atoms with Crippen LogP contribution in [0.5, 0.6) is 0 Å². The van der Waals surface area contributed by atoms with Crippen molar-refractivity contribution in [2.75, 3.05) is 0 Å². The summed E-state index contributed by atoms with van der Waals surface area (Å²) >= 11 is 11.8. The van der Waals surface area contributed by atoms with E-state index in [1.54, 1.807) is 24.4 Å². The summed E-state index contributed by atoms with van der Waals surface area (Å²) in [6, 6.07) is 5.07. The third-order valence-corrected chi connectivity index (χ3v) is 2.47. The highest BCUT2D eigenvalue weighted by molar-refractivity contribution is 6.39. The Kier molecular flexibility index (Phi) is 2.40. The van der Waals surface area contributed by atoms with Crippen LogP contribution in [0.25, 0.3) is 10.8 Å². The van der Waals surface area contributed by atoms with E-state index in [9.17, 15) is 4.79 Å². The van der Waals surface area contributed by atoms with Gasteiger partial charge in [0.2, 0.25) is 0 Å². The number of hydrogen-bond donors (Lipinski definition) is 0. The van der Waals surface area contributed by atoms with Gasteiger partial charge in [0.1, 0.15) is 5.69 Å². The van der Waals surface area contributed by atoms with Crippen molar-refractivity contribution in [2.45, 2.75) is 0 Å². The molecule has 0 amide bonds. The van der Waals surface area contributed by atoms with Crippen molar-refractivity contribution in [3.05, 3.63) is 40.1 Å². The summed E-state index contributed by atoms with van der Waals surface area (Å²) in [6.45, 7) is 0. The summed E-state index contributed by atoms with van der Waals surface area (Å²) in [5, 5.41) is 2.49. The second-order valence-electron chi connectivity index (χ2n) is 2.80. The van der Waals surface area contributed by atoms with Gasteiger partial charge in [-0.2, -0.15) is 0 Å². The van der Waals surface area contributed by atoms with Gasteiger partial charge in [0.05, 0.1) is 5.02 Å². The first kappa shape index (κ1) is 9.44. The number of rotatable bonds is 1. The zero-order chi connectivity index (χ0) is 10.1. The maximum atomic E-state index is 10.7. The van der Waals surface area contributed by atoms with Crippen LogP contribution in [0.2, 0.25) is 10.0 Å². The lowest BCUT2D eigenvalue weighted by atomic mass is 10.1. The molecule has 70 valence electrons. The van der Waals surface area contributed by atoms with E-state index in [-0.39, 0.29) is 0 Å². The van der Waals surface area contributed by atoms with Gasteiger partial charge in [0.15, 0.2) is 6.29 Å². The van der Waals surface area contributed by atoms with Gasteiger partial charge in [-0.3, -0.25) is 9.78 Å². The topological polar surface area (TPSA) is 30.0 Å². The minimum atomic E-state index is 0.354. The van der Waals surface area contributed by atoms with Crippen LogP contribution in [0, 0.1) is 0 Å². The van der Waals surface area contributed by atoms with Crippen molar-refractivity contribution in [1.82, 2.24) is 4.98 Å². The predicted octanol–water partition coefficient (Wildman–Crippen LogP) is 3.35. The molecule has 0 fully saturated rings. The average Bonchev–Trinajstić information content (AvgIpc) is 2.17. The van der Waals surface area contributed by atoms with Gasteiger partial charge in [-0.05, 0) is 18.2 Å². The lowest BCUT2D eigenvalue weighted by Gasteiger charge is -2.02. The molecule has 0 aliphatic rings. The standard InChI is InChI=1S/C10H5Cl2NO/c11-6-3-8-7(9(12)4-6)1-2-13-10(8)5-14/h1-5H. The number of hydrogen-bond acceptors (Lipinski definition) is 2. The predicted molar refractivity (Wildman–Crippen MR) is 57.2 cm³/mol. The number of pyridine rings is 1. The summed E-state index contributed by atoms with van der Waals surface area (Å²) in [7, 11) is 0. The summed E-state index contributed by atoms with van der Waals surface area (Å²) in [5.41, 5.74) is 0.354. The van der Waals surface area contributed by atoms with E-state index in [2.05, 4.69) is 4.98 Å². The molecule has 2 aromatic rings. The Balaban J connectivity index is 2.93. The van der Waals surface area contributed by atoms with Crippen molar-refractivity contribution in [3.63, 3.8) is 0 Å². The molecule has 0 aliphatic carbocycles. The van der Waals surface area contributed by atoms with Gasteiger partial charge < -0.3 is 0 Å². The molecular weight excluding hydrogens is 221 g/mol. The van der Waals surface area contributed by atoms with E-state index >= 15 is 0 Å². The molecule has 0 saturated heterocycles. The molecule has 0 radical (unpaired) electrons. The van der Waals surface area contributed by atoms with Crippen molar-refractivity contribution < 1.29 is 4.79 Å². The van der Waals surface area contributed by atoms with E-state index < -0.39 is 0 Å². The van der Waals surface area contributed by atoms with Crippen molar-refractivity contribution in [3.8, 4) is 0 Å². The zero-order valence-electron chi connectivity index (χ0n) is 7.00. The number of carbonyl (C=O) groups excluding carboxylic acids is 1. The monoisotopic (exact) mass is 225 g/mol. The summed E-state index contributed by atoms with van der Waals surface area (Å²) in [6.07, 6.45) is 2.24. The van der Waals surface area contributed by atoms with Crippen molar-refractivity contribution in [1.29, 1.82) is 0 Å². The van der Waals surface area contributed by atoms with Crippen molar-refractivity contribution in [2.24, 2.45) is 0 Å². The Morgan fingerprint density at radius 3 is 2.71 bits per heavy atom. The molecule has 0 bridgehead atoms. The highest BCUT2D eigenvalue weighted by Crippen LogP contribution is 2.28. The Hall–Kier alpha value is -1.12. The molecule has 2 nitrogen and oxygen atoms in total. The third kappa shape index (κ3) is 1.47. The molecule has 4 heteroatoms. The largest absolute Gasteiger partial charge is 0.296 e. The number of aromatic nitrogens is 1. The normalized spacial score (nSPS) is 10.4. The molecule has 1 aromatic heterocycles. The van der Waals surface area contributed by atoms with E-state index in [0.29, 0.717) is 27.4 Å². The maximum Gasteiger partial charge on any atom is 0.169 e. The minimum absolute atomic E-state index is 0.354. The SMILES string of the molecule is O=Cc1nccc2c(Cl)cc(Cl)cc12. The van der Waals surface area contributed by atoms with Gasteiger partial charge >= 0.3 is 0 Å². The Bertz CT molecular complexity index is 511. The molecular formula is C10H5Cl2NO. The first-order valence-corrected chi connectivity index (χ1v) is 4.67. The Labute approximate surface area is 90.5 Å². The number of aldehydes is 1. The Morgan fingerprint density at radius 1 is 1.21 bits per heavy atom. The minimum Gasteiger partial charge on any atom is -0.296 e. The van der Waals surface area contributed by atoms with Gasteiger partial charge in [0, 0.05) is 22.0 Å². The quantitative estimate of drug-likeness (QED) is 0.698. The molecule has 14 heavy (non-hydrogen) atoms. The van der Waals surface area contributed by atoms with Crippen LogP contribution in [-0.4, -0.2) is 11.3 Å². The second kappa shape index (κ2) is 3.56. The molecule has 0 unspecified atom stereocenters. The molecule has 0 atom stereocenters. The maximum absolute atomic E-state index is 10.7. The fourth-order valence-corrected chi connectivity index (χ4v) is 1.88. The first-order valence-electron chi connectivity index (χ1n) is 3.91. The molecule has 0 aliphatic heterocycles. The van der Waals surface area contributed by atoms with Crippen LogP contribution in [0.1, 0.15) is 10.5 Å². The smallest absolute Gasteiger partial charge is 0.169 e. The molecule has 0 spiro atoms. The Morgan fingerprint density at radius 2 is 2.00 bits per heavy atom. The summed E-state index contributed by atoms with van der Waals surface area (Å²) in [4.78, 5) is 14.6. The van der Waals surface area contributed by atoms with Gasteiger partial charge in [-0.25, -0.2) is 0 Å². The van der Waals surface area contributed by atoms with Crippen LogP contribution < -0.4 is 0 Å². The number of fused-ring (bicyclic) bond motifs is 1. The van der Waals surface area contributed by atoms with Crippen LogP contribution in [0.15, 0.2) is 24.4 Å². The number of halogens is 2. The van der Waals surface area contributed by atoms with Gasteiger partial charge in [0.25, 0.3) is 0 Å². The average molecular weight is 226 g/mol. The fourth-order valence-electron chi connectivity index (χ4n) is 1.32. The van der Waals surface area contributed by atoms with Crippen LogP contribution in [0.4, 0.5) is 0 Å². The molecule has 0 saturated carbocycles. The zero-order valence-corrected chi connectivity index (χ0v) is 8.51. The van der Waals surface area contributed by atoms with Crippen LogP contribution in [-0.2, 0) is 0 Å². The molecule has 1 aromatic carbocycles. The van der Waals surface area contributed by atoms with Crippen LogP contribution in [0.3, 0.4) is 0 Å².